The highest BCUT2D eigenvalue weighted by molar-refractivity contribution is 7.94. The van der Waals surface area contributed by atoms with E-state index in [2.05, 4.69) is 4.47 Å². The van der Waals surface area contributed by atoms with Crippen LogP contribution in [0.15, 0.2) is 4.47 Å². The zero-order chi connectivity index (χ0) is 14.2. The van der Waals surface area contributed by atoms with Gasteiger partial charge in [-0.05, 0) is 6.42 Å². The van der Waals surface area contributed by atoms with E-state index in [1.807, 2.05) is 6.92 Å². The fraction of sp³-hybridized carbons (Fsp3) is 1.00. The molecule has 0 aliphatic rings. The largest absolute Gasteiger partial charge is 0.484 e. The van der Waals surface area contributed by atoms with Crippen molar-refractivity contribution in [1.29, 1.82) is 0 Å². The van der Waals surface area contributed by atoms with Gasteiger partial charge in [0.15, 0.2) is 5.03 Å². The average Bonchev–Trinajstić information content (AvgIpc) is 2.20. The first kappa shape index (κ1) is 17.1. The van der Waals surface area contributed by atoms with E-state index in [-0.39, 0.29) is 6.42 Å². The molecule has 1 atom stereocenters. The van der Waals surface area contributed by atoms with Crippen molar-refractivity contribution in [2.75, 3.05) is 5.75 Å². The summed E-state index contributed by atoms with van der Waals surface area (Å²) in [7, 11) is -4.77. The van der Waals surface area contributed by atoms with Crippen LogP contribution >= 0.6 is 0 Å². The lowest BCUT2D eigenvalue weighted by atomic mass is 10.1. The molecular weight excluding hydrogens is 273 g/mol. The summed E-state index contributed by atoms with van der Waals surface area (Å²) in [6.07, 6.45) is 4.14. The van der Waals surface area contributed by atoms with Gasteiger partial charge in [0.1, 0.15) is 4.47 Å². The van der Waals surface area contributed by atoms with Crippen LogP contribution in [0.4, 0.5) is 13.2 Å². The maximum Gasteiger partial charge on any atom is 0.484 e. The number of alkyl halides is 3. The summed E-state index contributed by atoms with van der Waals surface area (Å²) in [6.45, 7) is 2.01. The first-order chi connectivity index (χ1) is 8.23. The topological polar surface area (TPSA) is 72.6 Å². The molecular formula is C9H17F3N2O3S. The monoisotopic (exact) mass is 290 g/mol. The fourth-order valence-corrected chi connectivity index (χ4v) is 2.61. The van der Waals surface area contributed by atoms with E-state index in [9.17, 15) is 27.5 Å². The molecule has 5 nitrogen and oxygen atoms in total. The van der Waals surface area contributed by atoms with Gasteiger partial charge in [-0.15, -0.1) is 0 Å². The number of hydrogen-bond acceptors (Lipinski definition) is 3. The minimum Gasteiger partial charge on any atom is -0.235 e. The molecule has 0 radical (unpaired) electrons. The molecule has 0 N–H and O–H groups in total. The highest BCUT2D eigenvalue weighted by Gasteiger charge is 2.45. The molecule has 0 fully saturated rings. The molecule has 0 aromatic heterocycles. The molecule has 0 saturated carbocycles. The van der Waals surface area contributed by atoms with Crippen molar-refractivity contribution in [3.8, 4) is 0 Å². The molecule has 0 aliphatic heterocycles. The molecule has 0 aromatic rings. The number of hydrogen-bond donors (Lipinski definition) is 0. The van der Waals surface area contributed by atoms with E-state index in [0.29, 0.717) is 6.42 Å². The van der Waals surface area contributed by atoms with Crippen molar-refractivity contribution >= 4 is 9.73 Å². The number of unbranched alkanes of at least 4 members (excludes halogenated alkanes) is 5. The normalized spacial score (nSPS) is 15.1. The number of rotatable bonds is 8. The lowest BCUT2D eigenvalue weighted by Crippen LogP contribution is -2.27. The summed E-state index contributed by atoms with van der Waals surface area (Å²) < 4.78 is 50.8. The highest BCUT2D eigenvalue weighted by Crippen LogP contribution is 2.27. The molecule has 0 spiro atoms. The Balaban J connectivity index is 4.40. The van der Waals surface area contributed by atoms with Crippen LogP contribution in [-0.2, 0) is 9.73 Å². The van der Waals surface area contributed by atoms with Gasteiger partial charge in [-0.1, -0.05) is 39.0 Å². The van der Waals surface area contributed by atoms with Gasteiger partial charge in [-0.2, -0.15) is 13.2 Å². The Morgan fingerprint density at radius 1 is 1.17 bits per heavy atom. The quantitative estimate of drug-likeness (QED) is 0.390. The predicted octanol–water partition coefficient (Wildman–Crippen LogP) is 3.53. The summed E-state index contributed by atoms with van der Waals surface area (Å²) >= 11 is 0. The van der Waals surface area contributed by atoms with Crippen LogP contribution in [0.2, 0.25) is 0 Å². The molecule has 0 rings (SSSR count). The standard InChI is InChI=1S/C9H17F3N2O3S/c1-2-3-4-5-6-7-8-18(17,9(10,11)12)13-14(15)16/h2-8H2,1H3. The van der Waals surface area contributed by atoms with Gasteiger partial charge in [0.2, 0.25) is 9.73 Å². The Morgan fingerprint density at radius 2 is 1.67 bits per heavy atom. The van der Waals surface area contributed by atoms with Gasteiger partial charge in [-0.25, -0.2) is 14.3 Å². The summed E-state index contributed by atoms with van der Waals surface area (Å²) in [4.78, 5) is 10.00. The van der Waals surface area contributed by atoms with Crippen LogP contribution in [0.5, 0.6) is 0 Å². The summed E-state index contributed by atoms with van der Waals surface area (Å²) in [5, 5.41) is 8.47. The predicted molar refractivity (Wildman–Crippen MR) is 61.9 cm³/mol. The molecule has 9 heteroatoms. The van der Waals surface area contributed by atoms with E-state index >= 15 is 0 Å². The van der Waals surface area contributed by atoms with Crippen molar-refractivity contribution in [3.05, 3.63) is 10.1 Å². The highest BCUT2D eigenvalue weighted by atomic mass is 32.2. The van der Waals surface area contributed by atoms with Crippen LogP contribution in [0.1, 0.15) is 45.4 Å². The zero-order valence-electron chi connectivity index (χ0n) is 10.1. The molecule has 108 valence electrons. The Morgan fingerprint density at radius 3 is 2.11 bits per heavy atom. The Kier molecular flexibility index (Phi) is 7.19. The van der Waals surface area contributed by atoms with Crippen molar-refractivity contribution < 1.29 is 22.4 Å². The van der Waals surface area contributed by atoms with Gasteiger partial charge < -0.3 is 0 Å². The zero-order valence-corrected chi connectivity index (χ0v) is 10.9. The van der Waals surface area contributed by atoms with Crippen LogP contribution in [0.3, 0.4) is 0 Å². The van der Waals surface area contributed by atoms with E-state index < -0.39 is 26.0 Å². The first-order valence-corrected chi connectivity index (χ1v) is 7.37. The first-order valence-electron chi connectivity index (χ1n) is 5.68. The lowest BCUT2D eigenvalue weighted by molar-refractivity contribution is -0.482. The van der Waals surface area contributed by atoms with Gasteiger partial charge in [0.25, 0.3) is 0 Å². The van der Waals surface area contributed by atoms with E-state index in [1.165, 1.54) is 0 Å². The van der Waals surface area contributed by atoms with Gasteiger partial charge in [0.05, 0.1) is 0 Å². The molecule has 0 amide bonds. The minimum absolute atomic E-state index is 0.0272. The lowest BCUT2D eigenvalue weighted by Gasteiger charge is -2.09. The smallest absolute Gasteiger partial charge is 0.235 e. The van der Waals surface area contributed by atoms with Gasteiger partial charge in [-0.3, -0.25) is 0 Å². The van der Waals surface area contributed by atoms with Crippen LogP contribution in [0.25, 0.3) is 0 Å². The third-order valence-corrected chi connectivity index (χ3v) is 4.30. The van der Waals surface area contributed by atoms with Crippen LogP contribution < -0.4 is 0 Å². The molecule has 0 heterocycles. The molecule has 0 bridgehead atoms. The Hall–Kier alpha value is -0.860. The van der Waals surface area contributed by atoms with Crippen molar-refractivity contribution in [2.45, 2.75) is 51.0 Å². The average molecular weight is 290 g/mol. The molecule has 0 saturated heterocycles. The molecule has 18 heavy (non-hydrogen) atoms. The molecule has 1 unspecified atom stereocenters. The second kappa shape index (κ2) is 7.55. The van der Waals surface area contributed by atoms with Gasteiger partial charge in [0, 0.05) is 5.75 Å². The van der Waals surface area contributed by atoms with Crippen molar-refractivity contribution in [2.24, 2.45) is 4.47 Å². The third kappa shape index (κ3) is 6.18. The summed E-state index contributed by atoms with van der Waals surface area (Å²) in [6, 6.07) is 0. The molecule has 0 aliphatic carbocycles. The Bertz CT molecular complexity index is 376. The third-order valence-electron chi connectivity index (χ3n) is 2.33. The Labute approximate surface area is 104 Å². The fourth-order valence-electron chi connectivity index (χ4n) is 1.39. The van der Waals surface area contributed by atoms with Gasteiger partial charge >= 0.3 is 5.51 Å². The summed E-state index contributed by atoms with van der Waals surface area (Å²) in [5.41, 5.74) is -5.15. The SMILES string of the molecule is CCCCCCCCS(=O)(=N[N+](=O)[O-])C(F)(F)F. The number of nitro groups is 1. The van der Waals surface area contributed by atoms with Crippen LogP contribution in [0, 0.1) is 10.1 Å². The van der Waals surface area contributed by atoms with E-state index in [1.54, 1.807) is 0 Å². The molecule has 0 aromatic carbocycles. The number of nitrogens with zero attached hydrogens (tertiary/aromatic N) is 2. The van der Waals surface area contributed by atoms with E-state index in [4.69, 9.17) is 0 Å². The summed E-state index contributed by atoms with van der Waals surface area (Å²) in [5.74, 6) is -0.802. The number of halogens is 3. The minimum atomic E-state index is -5.15. The van der Waals surface area contributed by atoms with Crippen molar-refractivity contribution in [1.82, 2.24) is 0 Å². The second-order valence-electron chi connectivity index (χ2n) is 3.88. The van der Waals surface area contributed by atoms with E-state index in [0.717, 1.165) is 25.7 Å². The maximum absolute atomic E-state index is 12.4. The van der Waals surface area contributed by atoms with Crippen LogP contribution in [-0.4, -0.2) is 20.5 Å². The van der Waals surface area contributed by atoms with Crippen molar-refractivity contribution in [3.63, 3.8) is 0 Å². The second-order valence-corrected chi connectivity index (χ2v) is 6.19. The maximum atomic E-state index is 12.4.